The highest BCUT2D eigenvalue weighted by molar-refractivity contribution is 7.82. The van der Waals surface area contributed by atoms with Crippen LogP contribution in [0.15, 0.2) is 0 Å². The van der Waals surface area contributed by atoms with E-state index in [1.807, 2.05) is 20.8 Å². The van der Waals surface area contributed by atoms with Crippen molar-refractivity contribution in [2.45, 2.75) is 27.1 Å². The summed E-state index contributed by atoms with van der Waals surface area (Å²) < 4.78 is 10.3. The molecule has 0 rings (SSSR count). The van der Waals surface area contributed by atoms with Crippen LogP contribution in [-0.4, -0.2) is 16.8 Å². The van der Waals surface area contributed by atoms with Crippen molar-refractivity contribution < 1.29 is 14.4 Å². The third kappa shape index (κ3) is 8.21. The first kappa shape index (κ1) is 10.2. The van der Waals surface area contributed by atoms with Crippen molar-refractivity contribution in [3.8, 4) is 0 Å². The molecule has 0 heterocycles. The third-order valence-electron chi connectivity index (χ3n) is 0.941. The minimum absolute atomic E-state index is 0.0406. The maximum absolute atomic E-state index is 10.3. The van der Waals surface area contributed by atoms with Crippen LogP contribution in [0.5, 0.6) is 0 Å². The Morgan fingerprint density at radius 2 is 1.80 bits per heavy atom. The SMILES string of the molecule is CC(C)(C)C[B]P(=O)(O)O. The molecular weight excluding hydrogens is 150 g/mol. The smallest absolute Gasteiger partial charge is 0.272 e. The quantitative estimate of drug-likeness (QED) is 0.475. The lowest BCUT2D eigenvalue weighted by Crippen LogP contribution is -2.08. The van der Waals surface area contributed by atoms with Crippen LogP contribution in [0.3, 0.4) is 0 Å². The van der Waals surface area contributed by atoms with Crippen molar-refractivity contribution in [1.82, 2.24) is 0 Å². The summed E-state index contributed by atoms with van der Waals surface area (Å²) in [6.07, 6.45) is 0.442. The zero-order valence-electron chi connectivity index (χ0n) is 6.53. The molecule has 0 fully saturated rings. The fourth-order valence-corrected chi connectivity index (χ4v) is 1.18. The van der Waals surface area contributed by atoms with Gasteiger partial charge in [0.25, 0.3) is 14.5 Å². The van der Waals surface area contributed by atoms with E-state index < -0.39 is 7.47 Å². The Morgan fingerprint density at radius 1 is 1.40 bits per heavy atom. The van der Waals surface area contributed by atoms with Crippen LogP contribution in [0, 0.1) is 5.41 Å². The lowest BCUT2D eigenvalue weighted by molar-refractivity contribution is 0.390. The van der Waals surface area contributed by atoms with E-state index in [0.29, 0.717) is 6.32 Å². The van der Waals surface area contributed by atoms with Gasteiger partial charge in [0, 0.05) is 0 Å². The zero-order valence-corrected chi connectivity index (χ0v) is 7.43. The van der Waals surface area contributed by atoms with Gasteiger partial charge in [-0.05, 0) is 5.41 Å². The molecule has 10 heavy (non-hydrogen) atoms. The number of hydrogen-bond donors (Lipinski definition) is 2. The van der Waals surface area contributed by atoms with Crippen LogP contribution in [0.2, 0.25) is 6.32 Å². The van der Waals surface area contributed by atoms with Crippen molar-refractivity contribution in [3.63, 3.8) is 0 Å². The Morgan fingerprint density at radius 3 is 1.90 bits per heavy atom. The summed E-state index contributed by atoms with van der Waals surface area (Å²) >= 11 is 0. The first-order chi connectivity index (χ1) is 4.21. The predicted octanol–water partition coefficient (Wildman–Crippen LogP) is 1.25. The molecule has 0 aliphatic rings. The van der Waals surface area contributed by atoms with E-state index in [0.717, 1.165) is 7.00 Å². The molecule has 0 unspecified atom stereocenters. The lowest BCUT2D eigenvalue weighted by atomic mass is 9.80. The summed E-state index contributed by atoms with van der Waals surface area (Å²) in [6.45, 7) is 6.85. The Kier molecular flexibility index (Phi) is 3.14. The van der Waals surface area contributed by atoms with E-state index in [-0.39, 0.29) is 5.41 Å². The molecule has 0 atom stereocenters. The average molecular weight is 163 g/mol. The van der Waals surface area contributed by atoms with Crippen molar-refractivity contribution >= 4 is 14.5 Å². The van der Waals surface area contributed by atoms with E-state index >= 15 is 0 Å². The molecule has 2 N–H and O–H groups in total. The van der Waals surface area contributed by atoms with Gasteiger partial charge < -0.3 is 9.79 Å². The highest BCUT2D eigenvalue weighted by atomic mass is 31.2. The highest BCUT2D eigenvalue weighted by Gasteiger charge is 2.20. The largest absolute Gasteiger partial charge is 0.333 e. The average Bonchev–Trinajstić information content (AvgIpc) is 1.57. The molecular formula is C5H13BO3P. The van der Waals surface area contributed by atoms with Crippen LogP contribution in [-0.2, 0) is 4.57 Å². The normalized spacial score (nSPS) is 13.3. The van der Waals surface area contributed by atoms with Gasteiger partial charge in [-0.1, -0.05) is 27.1 Å². The molecule has 0 aliphatic carbocycles. The fourth-order valence-electron chi connectivity index (χ4n) is 0.393. The van der Waals surface area contributed by atoms with Gasteiger partial charge >= 0.3 is 0 Å². The van der Waals surface area contributed by atoms with E-state index in [1.54, 1.807) is 0 Å². The number of rotatable bonds is 2. The molecule has 59 valence electrons. The van der Waals surface area contributed by atoms with Crippen LogP contribution in [0.4, 0.5) is 0 Å². The summed E-state index contributed by atoms with van der Waals surface area (Å²) in [6, 6.07) is 0. The predicted molar refractivity (Wildman–Crippen MR) is 42.1 cm³/mol. The van der Waals surface area contributed by atoms with E-state index in [2.05, 4.69) is 0 Å². The van der Waals surface area contributed by atoms with Crippen molar-refractivity contribution in [1.29, 1.82) is 0 Å². The molecule has 3 nitrogen and oxygen atoms in total. The molecule has 0 bridgehead atoms. The van der Waals surface area contributed by atoms with Crippen LogP contribution in [0.25, 0.3) is 0 Å². The second-order valence-corrected chi connectivity index (χ2v) is 5.08. The van der Waals surface area contributed by atoms with Crippen molar-refractivity contribution in [2.24, 2.45) is 5.41 Å². The number of hydrogen-bond acceptors (Lipinski definition) is 1. The maximum atomic E-state index is 10.3. The first-order valence-corrected chi connectivity index (χ1v) is 4.78. The van der Waals surface area contributed by atoms with Crippen LogP contribution in [0.1, 0.15) is 20.8 Å². The molecule has 5 heteroatoms. The molecule has 0 aliphatic heterocycles. The topological polar surface area (TPSA) is 57.5 Å². The van der Waals surface area contributed by atoms with Gasteiger partial charge in [-0.3, -0.25) is 4.57 Å². The molecule has 0 saturated carbocycles. The fraction of sp³-hybridized carbons (Fsp3) is 1.00. The Labute approximate surface area is 62.2 Å². The Balaban J connectivity index is 3.67. The summed E-state index contributed by atoms with van der Waals surface area (Å²) in [5.41, 5.74) is -0.0406. The molecule has 0 aromatic heterocycles. The summed E-state index contributed by atoms with van der Waals surface area (Å²) in [7, 11) is -3.89. The summed E-state index contributed by atoms with van der Waals surface area (Å²) in [5, 5.41) is 0. The summed E-state index contributed by atoms with van der Waals surface area (Å²) in [5.74, 6) is 0. The van der Waals surface area contributed by atoms with Gasteiger partial charge in [0.1, 0.15) is 0 Å². The molecule has 0 aromatic carbocycles. The van der Waals surface area contributed by atoms with E-state index in [9.17, 15) is 4.57 Å². The maximum Gasteiger partial charge on any atom is 0.272 e. The molecule has 0 aromatic rings. The van der Waals surface area contributed by atoms with Crippen molar-refractivity contribution in [2.75, 3.05) is 0 Å². The Bertz CT molecular complexity index is 145. The minimum Gasteiger partial charge on any atom is -0.333 e. The molecule has 0 amide bonds. The van der Waals surface area contributed by atoms with Gasteiger partial charge in [0.15, 0.2) is 0 Å². The molecule has 0 saturated heterocycles. The standard InChI is InChI=1S/C5H13BO3P/c1-5(2,3)4-6-10(7,8)9/h4H2,1-3H3,(H2,7,8,9). The van der Waals surface area contributed by atoms with Gasteiger partial charge in [0.05, 0.1) is 0 Å². The second-order valence-electron chi connectivity index (χ2n) is 3.54. The van der Waals surface area contributed by atoms with Gasteiger partial charge in [-0.25, -0.2) is 0 Å². The molecule has 1 radical (unpaired) electrons. The zero-order chi connectivity index (χ0) is 8.41. The highest BCUT2D eigenvalue weighted by Crippen LogP contribution is 2.36. The third-order valence-corrected chi connectivity index (χ3v) is 1.60. The van der Waals surface area contributed by atoms with Crippen molar-refractivity contribution in [3.05, 3.63) is 0 Å². The minimum atomic E-state index is -3.89. The summed E-state index contributed by atoms with van der Waals surface area (Å²) in [4.78, 5) is 16.9. The van der Waals surface area contributed by atoms with Crippen LogP contribution < -0.4 is 0 Å². The monoisotopic (exact) mass is 163 g/mol. The second kappa shape index (κ2) is 3.08. The van der Waals surface area contributed by atoms with Gasteiger partial charge in [-0.2, -0.15) is 0 Å². The lowest BCUT2D eigenvalue weighted by Gasteiger charge is -2.16. The molecule has 0 spiro atoms. The Hall–Kier alpha value is 0.215. The van der Waals surface area contributed by atoms with Gasteiger partial charge in [0.2, 0.25) is 0 Å². The first-order valence-electron chi connectivity index (χ1n) is 3.10. The van der Waals surface area contributed by atoms with Crippen LogP contribution >= 0.6 is 7.47 Å². The van der Waals surface area contributed by atoms with E-state index in [1.165, 1.54) is 0 Å². The van der Waals surface area contributed by atoms with E-state index in [4.69, 9.17) is 9.79 Å². The van der Waals surface area contributed by atoms with Gasteiger partial charge in [-0.15, -0.1) is 0 Å².